The predicted molar refractivity (Wildman–Crippen MR) is 97.8 cm³/mol. The van der Waals surface area contributed by atoms with Crippen LogP contribution in [-0.4, -0.2) is 28.5 Å². The summed E-state index contributed by atoms with van der Waals surface area (Å²) in [6.07, 6.45) is 2.00. The van der Waals surface area contributed by atoms with Gasteiger partial charge in [-0.25, -0.2) is 18.7 Å². The second-order valence-electron chi connectivity index (χ2n) is 5.63. The predicted octanol–water partition coefficient (Wildman–Crippen LogP) is 4.29. The van der Waals surface area contributed by atoms with Gasteiger partial charge in [-0.2, -0.15) is 5.10 Å². The molecule has 138 valence electrons. The topological polar surface area (TPSA) is 85.8 Å². The highest BCUT2D eigenvalue weighted by atomic mass is 35.5. The van der Waals surface area contributed by atoms with Gasteiger partial charge in [0.05, 0.1) is 11.9 Å². The molecule has 2 rings (SSSR count). The minimum Gasteiger partial charge on any atom is -0.457 e. The van der Waals surface area contributed by atoms with E-state index in [0.29, 0.717) is 11.6 Å². The molecule has 9 heteroatoms. The molecule has 0 unspecified atom stereocenters. The van der Waals surface area contributed by atoms with E-state index in [-0.39, 0.29) is 28.9 Å². The summed E-state index contributed by atoms with van der Waals surface area (Å²) in [5, 5.41) is 3.53. The summed E-state index contributed by atoms with van der Waals surface area (Å²) in [6.45, 7) is 4.05. The van der Waals surface area contributed by atoms with Crippen LogP contribution in [0, 0.1) is 0 Å². The fraction of sp³-hybridized carbons (Fsp3) is 0.294. The summed E-state index contributed by atoms with van der Waals surface area (Å²) < 4.78 is 31.1. The average Bonchev–Trinajstić information content (AvgIpc) is 2.63. The summed E-state index contributed by atoms with van der Waals surface area (Å²) in [7, 11) is 0. The first-order chi connectivity index (χ1) is 12.4. The van der Waals surface area contributed by atoms with Crippen LogP contribution in [0.2, 0.25) is 5.02 Å². The molecule has 0 radical (unpaired) electrons. The van der Waals surface area contributed by atoms with E-state index in [4.69, 9.17) is 22.2 Å². The highest BCUT2D eigenvalue weighted by molar-refractivity contribution is 6.32. The highest BCUT2D eigenvalue weighted by Gasteiger charge is 2.12. The zero-order valence-electron chi connectivity index (χ0n) is 14.2. The van der Waals surface area contributed by atoms with Gasteiger partial charge in [-0.05, 0) is 29.7 Å². The summed E-state index contributed by atoms with van der Waals surface area (Å²) in [4.78, 5) is 12.2. The summed E-state index contributed by atoms with van der Waals surface area (Å²) in [6, 6.07) is 4.24. The maximum Gasteiger partial charge on any atom is 0.316 e. The van der Waals surface area contributed by atoms with E-state index in [1.807, 2.05) is 13.8 Å². The molecule has 0 saturated carbocycles. The van der Waals surface area contributed by atoms with Crippen LogP contribution in [-0.2, 0) is 0 Å². The molecule has 0 fully saturated rings. The SMILES string of the molecule is CC(C)c1cnc(OCC(C=Nc2ccc(Cl)c(C(F)F)c2)=NN)nc1. The van der Waals surface area contributed by atoms with E-state index in [2.05, 4.69) is 20.1 Å². The number of aliphatic imine (C=N–C) groups is 1. The van der Waals surface area contributed by atoms with Crippen molar-refractivity contribution in [2.45, 2.75) is 26.2 Å². The number of hydrogen-bond donors (Lipinski definition) is 1. The Labute approximate surface area is 154 Å². The van der Waals surface area contributed by atoms with Gasteiger partial charge in [0.25, 0.3) is 6.43 Å². The van der Waals surface area contributed by atoms with E-state index >= 15 is 0 Å². The molecule has 0 aliphatic carbocycles. The number of nitrogens with two attached hydrogens (primary N) is 1. The summed E-state index contributed by atoms with van der Waals surface area (Å²) in [5.41, 5.74) is 1.28. The van der Waals surface area contributed by atoms with Gasteiger partial charge in [-0.15, -0.1) is 0 Å². The van der Waals surface area contributed by atoms with Crippen LogP contribution in [0.25, 0.3) is 0 Å². The van der Waals surface area contributed by atoms with Crippen LogP contribution in [0.4, 0.5) is 14.5 Å². The number of alkyl halides is 2. The largest absolute Gasteiger partial charge is 0.457 e. The Kier molecular flexibility index (Phi) is 6.97. The Bertz CT molecular complexity index is 794. The van der Waals surface area contributed by atoms with Crippen molar-refractivity contribution in [2.75, 3.05) is 6.61 Å². The molecule has 2 N–H and O–H groups in total. The molecule has 1 aromatic heterocycles. The number of benzene rings is 1. The van der Waals surface area contributed by atoms with Crippen LogP contribution in [0.1, 0.15) is 37.3 Å². The maximum atomic E-state index is 12.8. The third-order valence-electron chi connectivity index (χ3n) is 3.41. The average molecular weight is 382 g/mol. The second-order valence-corrected chi connectivity index (χ2v) is 6.03. The number of rotatable bonds is 7. The highest BCUT2D eigenvalue weighted by Crippen LogP contribution is 2.30. The fourth-order valence-corrected chi connectivity index (χ4v) is 2.07. The Hall–Kier alpha value is -2.61. The van der Waals surface area contributed by atoms with Crippen molar-refractivity contribution in [3.8, 4) is 6.01 Å². The lowest BCUT2D eigenvalue weighted by Gasteiger charge is -2.06. The van der Waals surface area contributed by atoms with E-state index in [9.17, 15) is 8.78 Å². The van der Waals surface area contributed by atoms with Crippen molar-refractivity contribution in [3.63, 3.8) is 0 Å². The smallest absolute Gasteiger partial charge is 0.316 e. The van der Waals surface area contributed by atoms with Crippen molar-refractivity contribution in [1.82, 2.24) is 9.97 Å². The van der Waals surface area contributed by atoms with Crippen molar-refractivity contribution in [1.29, 1.82) is 0 Å². The Morgan fingerprint density at radius 1 is 1.31 bits per heavy atom. The third-order valence-corrected chi connectivity index (χ3v) is 3.75. The molecule has 0 saturated heterocycles. The molecular weight excluding hydrogens is 364 g/mol. The van der Waals surface area contributed by atoms with Crippen molar-refractivity contribution in [2.24, 2.45) is 15.9 Å². The van der Waals surface area contributed by atoms with E-state index in [0.717, 1.165) is 5.56 Å². The third kappa shape index (κ3) is 5.45. The fourth-order valence-electron chi connectivity index (χ4n) is 1.87. The van der Waals surface area contributed by atoms with Crippen LogP contribution < -0.4 is 10.6 Å². The normalized spacial score (nSPS) is 12.3. The lowest BCUT2D eigenvalue weighted by atomic mass is 10.1. The molecule has 6 nitrogen and oxygen atoms in total. The maximum absolute atomic E-state index is 12.8. The molecule has 2 aromatic rings. The lowest BCUT2D eigenvalue weighted by molar-refractivity contribution is 0.151. The zero-order valence-corrected chi connectivity index (χ0v) is 15.0. The van der Waals surface area contributed by atoms with E-state index in [1.165, 1.54) is 24.4 Å². The number of aromatic nitrogens is 2. The first-order valence-electron chi connectivity index (χ1n) is 7.74. The van der Waals surface area contributed by atoms with Gasteiger partial charge < -0.3 is 10.6 Å². The van der Waals surface area contributed by atoms with Crippen molar-refractivity contribution in [3.05, 3.63) is 46.7 Å². The Morgan fingerprint density at radius 2 is 2.00 bits per heavy atom. The van der Waals surface area contributed by atoms with Crippen molar-refractivity contribution >= 4 is 29.2 Å². The van der Waals surface area contributed by atoms with E-state index < -0.39 is 6.43 Å². The summed E-state index contributed by atoms with van der Waals surface area (Å²) >= 11 is 5.72. The molecule has 0 atom stereocenters. The van der Waals surface area contributed by atoms with Crippen LogP contribution >= 0.6 is 11.6 Å². The standard InChI is InChI=1S/C17H18ClF2N5O/c1-10(2)11-6-23-17(24-7-11)26-9-13(25-21)8-22-12-3-4-15(18)14(5-12)16(19)20/h3-8,10,16H,9,21H2,1-2H3. The molecule has 0 aliphatic rings. The molecule has 0 spiro atoms. The van der Waals surface area contributed by atoms with Gasteiger partial charge >= 0.3 is 6.01 Å². The van der Waals surface area contributed by atoms with Gasteiger partial charge in [0, 0.05) is 23.0 Å². The minimum atomic E-state index is -2.69. The van der Waals surface area contributed by atoms with Crippen molar-refractivity contribution < 1.29 is 13.5 Å². The monoisotopic (exact) mass is 381 g/mol. The molecule has 1 heterocycles. The summed E-state index contributed by atoms with van der Waals surface area (Å²) in [5.74, 6) is 5.62. The van der Waals surface area contributed by atoms with Gasteiger partial charge in [0.15, 0.2) is 0 Å². The molecule has 1 aromatic carbocycles. The number of hydrazone groups is 1. The molecule has 0 aliphatic heterocycles. The Morgan fingerprint density at radius 3 is 2.58 bits per heavy atom. The first-order valence-corrected chi connectivity index (χ1v) is 8.11. The lowest BCUT2D eigenvalue weighted by Crippen LogP contribution is -2.16. The van der Waals surface area contributed by atoms with Crippen LogP contribution in [0.15, 0.2) is 40.7 Å². The zero-order chi connectivity index (χ0) is 19.1. The number of nitrogens with zero attached hydrogens (tertiary/aromatic N) is 4. The Balaban J connectivity index is 2.01. The van der Waals surface area contributed by atoms with Gasteiger partial charge in [0.2, 0.25) is 0 Å². The first kappa shape index (κ1) is 19.7. The molecular formula is C17H18ClF2N5O. The van der Waals surface area contributed by atoms with E-state index in [1.54, 1.807) is 12.4 Å². The van der Waals surface area contributed by atoms with Crippen LogP contribution in [0.3, 0.4) is 0 Å². The van der Waals surface area contributed by atoms with Gasteiger partial charge in [-0.1, -0.05) is 25.4 Å². The minimum absolute atomic E-state index is 0.0167. The van der Waals surface area contributed by atoms with Gasteiger partial charge in [-0.3, -0.25) is 4.99 Å². The van der Waals surface area contributed by atoms with Gasteiger partial charge in [0.1, 0.15) is 12.3 Å². The van der Waals surface area contributed by atoms with Crippen LogP contribution in [0.5, 0.6) is 6.01 Å². The number of ether oxygens (including phenoxy) is 1. The molecule has 0 bridgehead atoms. The number of halogens is 3. The number of hydrogen-bond acceptors (Lipinski definition) is 6. The quantitative estimate of drug-likeness (QED) is 0.440. The molecule has 26 heavy (non-hydrogen) atoms. The molecule has 0 amide bonds. The second kappa shape index (κ2) is 9.19.